The van der Waals surface area contributed by atoms with Gasteiger partial charge >= 0.3 is 0 Å². The quantitative estimate of drug-likeness (QED) is 0.818. The van der Waals surface area contributed by atoms with Gasteiger partial charge in [-0.2, -0.15) is 0 Å². The number of carbonyl (C=O) groups excluding carboxylic acids is 2. The minimum atomic E-state index is -0.415. The van der Waals surface area contributed by atoms with Crippen LogP contribution in [0.4, 0.5) is 0 Å². The van der Waals surface area contributed by atoms with Gasteiger partial charge in [0, 0.05) is 25.5 Å². The summed E-state index contributed by atoms with van der Waals surface area (Å²) in [6, 6.07) is -0.793. The fourth-order valence-electron chi connectivity index (χ4n) is 2.12. The Morgan fingerprint density at radius 3 is 2.78 bits per heavy atom. The summed E-state index contributed by atoms with van der Waals surface area (Å²) in [7, 11) is 0. The average molecular weight is 250 g/mol. The highest BCUT2D eigenvalue weighted by Crippen LogP contribution is 2.10. The third kappa shape index (κ3) is 2.52. The molecule has 0 saturated carbocycles. The van der Waals surface area contributed by atoms with Crippen molar-refractivity contribution >= 4 is 11.8 Å². The molecule has 1 N–H and O–H groups in total. The Balaban J connectivity index is 1.90. The van der Waals surface area contributed by atoms with Gasteiger partial charge < -0.3 is 14.8 Å². The third-order valence-electron chi connectivity index (χ3n) is 3.23. The van der Waals surface area contributed by atoms with E-state index < -0.39 is 6.04 Å². The summed E-state index contributed by atoms with van der Waals surface area (Å²) in [5.41, 5.74) is 0. The number of hydrogen-bond acceptors (Lipinski definition) is 3. The van der Waals surface area contributed by atoms with Crippen molar-refractivity contribution in [2.75, 3.05) is 6.54 Å². The van der Waals surface area contributed by atoms with Crippen LogP contribution in [0.25, 0.3) is 0 Å². The van der Waals surface area contributed by atoms with Crippen molar-refractivity contribution in [3.63, 3.8) is 0 Å². The second-order valence-electron chi connectivity index (χ2n) is 4.59. The number of hydrogen-bond donors (Lipinski definition) is 1. The molecule has 2 rings (SSSR count). The molecule has 1 aromatic rings. The number of nitrogens with one attached hydrogen (secondary N) is 1. The molecule has 6 nitrogen and oxygen atoms in total. The van der Waals surface area contributed by atoms with Crippen LogP contribution in [0, 0.1) is 0 Å². The number of nitrogens with zero attached hydrogens (tertiary/aromatic N) is 3. The Kier molecular flexibility index (Phi) is 3.64. The minimum Gasteiger partial charge on any atom is -0.343 e. The Morgan fingerprint density at radius 2 is 2.11 bits per heavy atom. The van der Waals surface area contributed by atoms with Gasteiger partial charge in [0.2, 0.25) is 11.8 Å². The molecule has 1 aliphatic rings. The zero-order chi connectivity index (χ0) is 13.1. The second kappa shape index (κ2) is 5.20. The van der Waals surface area contributed by atoms with E-state index in [0.717, 1.165) is 13.0 Å². The highest BCUT2D eigenvalue weighted by Gasteiger charge is 2.35. The normalized spacial score (nSPS) is 24.2. The highest BCUT2D eigenvalue weighted by molar-refractivity contribution is 5.96. The van der Waals surface area contributed by atoms with Crippen molar-refractivity contribution in [3.05, 3.63) is 18.7 Å². The summed E-state index contributed by atoms with van der Waals surface area (Å²) in [5, 5.41) is 2.67. The van der Waals surface area contributed by atoms with Crippen molar-refractivity contribution in [1.29, 1.82) is 0 Å². The monoisotopic (exact) mass is 250 g/mol. The van der Waals surface area contributed by atoms with Gasteiger partial charge in [0.1, 0.15) is 12.1 Å². The molecule has 0 radical (unpaired) electrons. The molecule has 0 aliphatic carbocycles. The van der Waals surface area contributed by atoms with Gasteiger partial charge in [0.25, 0.3) is 0 Å². The smallest absolute Gasteiger partial charge is 0.245 e. The van der Waals surface area contributed by atoms with Gasteiger partial charge in [0.15, 0.2) is 0 Å². The number of rotatable bonds is 4. The molecule has 6 heteroatoms. The van der Waals surface area contributed by atoms with Crippen LogP contribution in [-0.2, 0) is 16.1 Å². The molecule has 1 fully saturated rings. The second-order valence-corrected chi connectivity index (χ2v) is 4.59. The van der Waals surface area contributed by atoms with Crippen LogP contribution < -0.4 is 5.32 Å². The first-order valence-corrected chi connectivity index (χ1v) is 6.16. The number of aromatic nitrogens is 2. The Labute approximate surface area is 106 Å². The van der Waals surface area contributed by atoms with Crippen LogP contribution in [0.15, 0.2) is 18.7 Å². The third-order valence-corrected chi connectivity index (χ3v) is 3.23. The van der Waals surface area contributed by atoms with Crippen LogP contribution in [0.1, 0.15) is 20.3 Å². The molecule has 2 amide bonds. The molecular formula is C12H18N4O2. The van der Waals surface area contributed by atoms with Crippen molar-refractivity contribution in [2.24, 2.45) is 0 Å². The van der Waals surface area contributed by atoms with Gasteiger partial charge in [-0.1, -0.05) is 0 Å². The SMILES string of the molecule is CC1NC(=O)C(C)N(CCCn2ccnc2)C1=O. The molecule has 0 aromatic carbocycles. The number of amides is 2. The molecule has 18 heavy (non-hydrogen) atoms. The highest BCUT2D eigenvalue weighted by atomic mass is 16.2. The number of carbonyl (C=O) groups is 2. The average Bonchev–Trinajstić information content (AvgIpc) is 2.84. The van der Waals surface area contributed by atoms with E-state index >= 15 is 0 Å². The molecule has 2 atom stereocenters. The van der Waals surface area contributed by atoms with E-state index in [9.17, 15) is 9.59 Å². The number of piperazine rings is 1. The molecule has 2 unspecified atom stereocenters. The predicted octanol–water partition coefficient (Wildman–Crippen LogP) is 0.00860. The van der Waals surface area contributed by atoms with Crippen molar-refractivity contribution < 1.29 is 9.59 Å². The lowest BCUT2D eigenvalue weighted by molar-refractivity contribution is -0.148. The van der Waals surface area contributed by atoms with E-state index in [1.54, 1.807) is 31.3 Å². The van der Waals surface area contributed by atoms with Crippen LogP contribution in [0.2, 0.25) is 0 Å². The Morgan fingerprint density at radius 1 is 1.33 bits per heavy atom. The zero-order valence-electron chi connectivity index (χ0n) is 10.7. The summed E-state index contributed by atoms with van der Waals surface area (Å²) in [6.45, 7) is 4.87. The maximum Gasteiger partial charge on any atom is 0.245 e. The first-order valence-electron chi connectivity index (χ1n) is 6.16. The van der Waals surface area contributed by atoms with Gasteiger partial charge in [0.05, 0.1) is 6.33 Å². The Bertz CT molecular complexity index is 429. The largest absolute Gasteiger partial charge is 0.343 e. The fourth-order valence-corrected chi connectivity index (χ4v) is 2.12. The molecule has 1 aromatic heterocycles. The van der Waals surface area contributed by atoms with Crippen molar-refractivity contribution in [1.82, 2.24) is 19.8 Å². The van der Waals surface area contributed by atoms with E-state index in [0.29, 0.717) is 6.54 Å². The lowest BCUT2D eigenvalue weighted by Gasteiger charge is -2.36. The van der Waals surface area contributed by atoms with Crippen molar-refractivity contribution in [2.45, 2.75) is 38.9 Å². The molecule has 1 aliphatic heterocycles. The fraction of sp³-hybridized carbons (Fsp3) is 0.583. The summed E-state index contributed by atoms with van der Waals surface area (Å²) in [6.07, 6.45) is 6.17. The van der Waals surface area contributed by atoms with Gasteiger partial charge in [-0.15, -0.1) is 0 Å². The predicted molar refractivity (Wildman–Crippen MR) is 65.6 cm³/mol. The summed E-state index contributed by atoms with van der Waals surface area (Å²) >= 11 is 0. The maximum atomic E-state index is 12.0. The standard InChI is InChI=1S/C12H18N4O2/c1-9-12(18)16(10(2)11(17)14-9)6-3-5-15-7-4-13-8-15/h4,7-10H,3,5-6H2,1-2H3,(H,14,17). The van der Waals surface area contributed by atoms with Crippen LogP contribution in [0.5, 0.6) is 0 Å². The van der Waals surface area contributed by atoms with E-state index in [-0.39, 0.29) is 17.9 Å². The lowest BCUT2D eigenvalue weighted by Crippen LogP contribution is -2.61. The van der Waals surface area contributed by atoms with Gasteiger partial charge in [-0.3, -0.25) is 9.59 Å². The minimum absolute atomic E-state index is 0.00673. The zero-order valence-corrected chi connectivity index (χ0v) is 10.7. The summed E-state index contributed by atoms with van der Waals surface area (Å²) < 4.78 is 1.96. The van der Waals surface area contributed by atoms with Crippen LogP contribution >= 0.6 is 0 Å². The number of imidazole rings is 1. The van der Waals surface area contributed by atoms with E-state index in [2.05, 4.69) is 10.3 Å². The molecule has 98 valence electrons. The molecule has 1 saturated heterocycles. The molecular weight excluding hydrogens is 232 g/mol. The topological polar surface area (TPSA) is 67.2 Å². The molecule has 2 heterocycles. The van der Waals surface area contributed by atoms with Crippen LogP contribution in [-0.4, -0.2) is 44.9 Å². The molecule has 0 spiro atoms. The summed E-state index contributed by atoms with van der Waals surface area (Å²) in [5.74, 6) is -0.0857. The Hall–Kier alpha value is -1.85. The van der Waals surface area contributed by atoms with E-state index in [1.165, 1.54) is 0 Å². The van der Waals surface area contributed by atoms with Crippen LogP contribution in [0.3, 0.4) is 0 Å². The number of aryl methyl sites for hydroxylation is 1. The lowest BCUT2D eigenvalue weighted by atomic mass is 10.1. The molecule has 0 bridgehead atoms. The van der Waals surface area contributed by atoms with Crippen molar-refractivity contribution in [3.8, 4) is 0 Å². The maximum absolute atomic E-state index is 12.0. The van der Waals surface area contributed by atoms with E-state index in [4.69, 9.17) is 0 Å². The first-order chi connectivity index (χ1) is 8.59. The van der Waals surface area contributed by atoms with E-state index in [1.807, 2.05) is 10.8 Å². The first kappa shape index (κ1) is 12.6. The summed E-state index contributed by atoms with van der Waals surface area (Å²) in [4.78, 5) is 29.2. The van der Waals surface area contributed by atoms with Gasteiger partial charge in [-0.05, 0) is 20.3 Å². The van der Waals surface area contributed by atoms with Gasteiger partial charge in [-0.25, -0.2) is 4.98 Å².